The third kappa shape index (κ3) is 1.06. The minimum atomic E-state index is 0.564. The van der Waals surface area contributed by atoms with Crippen LogP contribution in [0.3, 0.4) is 0 Å². The van der Waals surface area contributed by atoms with E-state index in [9.17, 15) is 5.21 Å². The van der Waals surface area contributed by atoms with Crippen molar-refractivity contribution in [1.82, 2.24) is 14.9 Å². The summed E-state index contributed by atoms with van der Waals surface area (Å²) in [5, 5.41) is 12.5. The van der Waals surface area contributed by atoms with Crippen LogP contribution in [-0.2, 0) is 0 Å². The summed E-state index contributed by atoms with van der Waals surface area (Å²) >= 11 is 5.56. The smallest absolute Gasteiger partial charge is 0.252 e. The van der Waals surface area contributed by atoms with Gasteiger partial charge in [-0.1, -0.05) is 22.5 Å². The van der Waals surface area contributed by atoms with Crippen molar-refractivity contribution in [3.63, 3.8) is 0 Å². The fraction of sp³-hybridized carbons (Fsp3) is 0. The van der Waals surface area contributed by atoms with Crippen molar-refractivity contribution < 1.29 is 0 Å². The maximum atomic E-state index is 11.2. The first kappa shape index (κ1) is 7.24. The third-order valence-corrected chi connectivity index (χ3v) is 1.77. The first-order valence-corrected chi connectivity index (χ1v) is 3.73. The van der Waals surface area contributed by atoms with Crippen LogP contribution in [0.1, 0.15) is 0 Å². The van der Waals surface area contributed by atoms with Gasteiger partial charge in [-0.2, -0.15) is 4.53 Å². The lowest BCUT2D eigenvalue weighted by Gasteiger charge is -2.14. The number of halogens is 1. The molecule has 4 nitrogen and oxygen atoms in total. The van der Waals surface area contributed by atoms with E-state index in [2.05, 4.69) is 5.53 Å². The number of hydrogen-bond donors (Lipinski definition) is 1. The van der Waals surface area contributed by atoms with Crippen molar-refractivity contribution in [2.45, 2.75) is 0 Å². The molecule has 12 heavy (non-hydrogen) atoms. The number of para-hydroxylation sites is 1. The van der Waals surface area contributed by atoms with Crippen molar-refractivity contribution in [2.75, 3.05) is 0 Å². The molecule has 0 saturated carbocycles. The van der Waals surface area contributed by atoms with Gasteiger partial charge in [0.2, 0.25) is 0 Å². The van der Waals surface area contributed by atoms with Crippen LogP contribution >= 0.6 is 11.8 Å². The molecule has 5 heteroatoms. The number of hydrogen-bond acceptors (Lipinski definition) is 3. The van der Waals surface area contributed by atoms with Gasteiger partial charge in [0.05, 0.1) is 11.4 Å². The largest absolute Gasteiger partial charge is 0.594 e. The topological polar surface area (TPSA) is 41.3 Å². The minimum absolute atomic E-state index is 0.564. The molecular formula is C7H6ClN3O. The molecule has 1 heterocycles. The number of fused-ring (bicyclic) bond motifs is 1. The number of benzene rings is 1. The molecule has 0 unspecified atom stereocenters. The summed E-state index contributed by atoms with van der Waals surface area (Å²) in [4.78, 5) is 0.613. The SMILES string of the molecule is [O-][N+]1=c2ccccc2=CN(Cl)N1. The monoisotopic (exact) mass is 183 g/mol. The van der Waals surface area contributed by atoms with Crippen LogP contribution in [0, 0.1) is 5.21 Å². The molecule has 1 aliphatic heterocycles. The average Bonchev–Trinajstić information content (AvgIpc) is 2.04. The average molecular weight is 184 g/mol. The standard InChI is InChI=1S/C7H6ClN3O/c8-10-5-6-3-1-2-4-7(6)11(12)9-10/h1-5,9H. The van der Waals surface area contributed by atoms with E-state index in [0.29, 0.717) is 10.2 Å². The number of hydrazine groups is 2. The van der Waals surface area contributed by atoms with Gasteiger partial charge in [-0.3, -0.25) is 0 Å². The van der Waals surface area contributed by atoms with Crippen molar-refractivity contribution >= 4 is 18.0 Å². The molecule has 0 amide bonds. The van der Waals surface area contributed by atoms with Gasteiger partial charge in [-0.15, -0.1) is 0 Å². The van der Waals surface area contributed by atoms with Crippen LogP contribution in [0.2, 0.25) is 0 Å². The highest BCUT2D eigenvalue weighted by Gasteiger charge is 2.07. The summed E-state index contributed by atoms with van der Waals surface area (Å²) in [7, 11) is 0. The van der Waals surface area contributed by atoms with Crippen LogP contribution in [-0.4, -0.2) is 4.53 Å². The molecule has 1 N–H and O–H groups in total. The maximum Gasteiger partial charge on any atom is 0.252 e. The fourth-order valence-corrected chi connectivity index (χ4v) is 1.25. The minimum Gasteiger partial charge on any atom is -0.594 e. The number of nitrogens with zero attached hydrogens (tertiary/aromatic N) is 2. The van der Waals surface area contributed by atoms with Crippen LogP contribution in [0.25, 0.3) is 6.20 Å². The lowest BCUT2D eigenvalue weighted by Crippen LogP contribution is -2.52. The zero-order chi connectivity index (χ0) is 8.55. The van der Waals surface area contributed by atoms with E-state index in [1.807, 2.05) is 12.1 Å². The Balaban J connectivity index is 2.81. The van der Waals surface area contributed by atoms with E-state index in [4.69, 9.17) is 11.8 Å². The second-order valence-electron chi connectivity index (χ2n) is 2.39. The Bertz CT molecular complexity index is 417. The highest BCUT2D eigenvalue weighted by atomic mass is 35.5. The van der Waals surface area contributed by atoms with Crippen LogP contribution in [0.4, 0.5) is 0 Å². The second-order valence-corrected chi connectivity index (χ2v) is 2.76. The normalized spacial score (nSPS) is 14.8. The van der Waals surface area contributed by atoms with Crippen LogP contribution in [0.15, 0.2) is 24.3 Å². The Kier molecular flexibility index (Phi) is 1.55. The van der Waals surface area contributed by atoms with E-state index >= 15 is 0 Å². The molecule has 62 valence electrons. The zero-order valence-electron chi connectivity index (χ0n) is 6.07. The van der Waals surface area contributed by atoms with Gasteiger partial charge < -0.3 is 5.21 Å². The maximum absolute atomic E-state index is 11.2. The van der Waals surface area contributed by atoms with Crippen molar-refractivity contribution in [3.8, 4) is 0 Å². The molecule has 2 rings (SSSR count). The molecule has 0 aromatic heterocycles. The third-order valence-electron chi connectivity index (χ3n) is 1.59. The number of nitrogens with one attached hydrogen (secondary N) is 1. The van der Waals surface area contributed by atoms with E-state index in [1.165, 1.54) is 0 Å². The lowest BCUT2D eigenvalue weighted by atomic mass is 10.3. The van der Waals surface area contributed by atoms with E-state index in [0.717, 1.165) is 9.75 Å². The summed E-state index contributed by atoms with van der Waals surface area (Å²) < 4.78 is 1.09. The van der Waals surface area contributed by atoms with Crippen LogP contribution in [0.5, 0.6) is 0 Å². The summed E-state index contributed by atoms with van der Waals surface area (Å²) in [6.07, 6.45) is 1.63. The van der Waals surface area contributed by atoms with Gasteiger partial charge >= 0.3 is 0 Å². The van der Waals surface area contributed by atoms with Gasteiger partial charge in [0.15, 0.2) is 0 Å². The quantitative estimate of drug-likeness (QED) is 0.329. The molecule has 0 radical (unpaired) electrons. The summed E-state index contributed by atoms with van der Waals surface area (Å²) in [6.45, 7) is 0. The molecule has 0 spiro atoms. The Hall–Kier alpha value is -1.42. The molecule has 0 fully saturated rings. The van der Waals surface area contributed by atoms with Crippen molar-refractivity contribution in [2.24, 2.45) is 0 Å². The molecule has 1 aliphatic rings. The Morgan fingerprint density at radius 1 is 1.42 bits per heavy atom. The second kappa shape index (κ2) is 2.57. The molecule has 0 saturated heterocycles. The Morgan fingerprint density at radius 2 is 2.17 bits per heavy atom. The van der Waals surface area contributed by atoms with Crippen LogP contribution < -0.4 is 21.0 Å². The predicted octanol–water partition coefficient (Wildman–Crippen LogP) is -0.698. The summed E-state index contributed by atoms with van der Waals surface area (Å²) in [5.74, 6) is 0. The first-order valence-electron chi connectivity index (χ1n) is 3.40. The van der Waals surface area contributed by atoms with E-state index in [-0.39, 0.29) is 0 Å². The molecule has 0 bridgehead atoms. The predicted molar refractivity (Wildman–Crippen MR) is 45.6 cm³/mol. The van der Waals surface area contributed by atoms with Gasteiger partial charge in [0.25, 0.3) is 5.36 Å². The van der Waals surface area contributed by atoms with Gasteiger partial charge in [0.1, 0.15) is 0 Å². The fourth-order valence-electron chi connectivity index (χ4n) is 1.07. The van der Waals surface area contributed by atoms with Gasteiger partial charge in [-0.25, -0.2) is 0 Å². The molecule has 1 aromatic rings. The summed E-state index contributed by atoms with van der Waals surface area (Å²) in [5.41, 5.74) is 2.36. The Labute approximate surface area is 73.6 Å². The molecule has 0 aliphatic carbocycles. The molecular weight excluding hydrogens is 178 g/mol. The molecule has 0 atom stereocenters. The van der Waals surface area contributed by atoms with E-state index in [1.54, 1.807) is 18.3 Å². The number of rotatable bonds is 0. The van der Waals surface area contributed by atoms with Crippen molar-refractivity contribution in [3.05, 3.63) is 40.0 Å². The molecule has 1 aromatic carbocycles. The lowest BCUT2D eigenvalue weighted by molar-refractivity contribution is 0.357. The first-order chi connectivity index (χ1) is 5.77. The Morgan fingerprint density at radius 3 is 3.00 bits per heavy atom. The highest BCUT2D eigenvalue weighted by Crippen LogP contribution is 1.88. The zero-order valence-corrected chi connectivity index (χ0v) is 6.82. The van der Waals surface area contributed by atoms with Gasteiger partial charge in [0, 0.05) is 17.8 Å². The summed E-state index contributed by atoms with van der Waals surface area (Å²) in [6, 6.07) is 7.18. The van der Waals surface area contributed by atoms with Crippen molar-refractivity contribution in [1.29, 1.82) is 0 Å². The van der Waals surface area contributed by atoms with Gasteiger partial charge in [-0.05, 0) is 6.07 Å². The van der Waals surface area contributed by atoms with E-state index < -0.39 is 0 Å². The highest BCUT2D eigenvalue weighted by molar-refractivity contribution is 6.15.